The van der Waals surface area contributed by atoms with Crippen molar-refractivity contribution in [1.82, 2.24) is 10.7 Å². The second-order valence-corrected chi connectivity index (χ2v) is 4.39. The summed E-state index contributed by atoms with van der Waals surface area (Å²) in [6.07, 6.45) is 9.15. The Morgan fingerprint density at radius 2 is 2.18 bits per heavy atom. The number of allylic oxidation sites excluding steroid dienone is 2. The number of unbranched alkanes of at least 4 members (excludes halogenated alkanes) is 1. The van der Waals surface area contributed by atoms with Crippen LogP contribution in [0.4, 0.5) is 0 Å². The predicted molar refractivity (Wildman–Crippen MR) is 73.3 cm³/mol. The summed E-state index contributed by atoms with van der Waals surface area (Å²) >= 11 is 0. The molecule has 0 aliphatic heterocycles. The number of hydrogen-bond donors (Lipinski definition) is 4. The average Bonchev–Trinajstić information content (AvgIpc) is 2.33. The van der Waals surface area contributed by atoms with Gasteiger partial charge >= 0.3 is 0 Å². The first-order chi connectivity index (χ1) is 8.19. The Hall–Kier alpha value is -1.00. The fraction of sp³-hybridized carbons (Fsp3) is 0.692. The fourth-order valence-corrected chi connectivity index (χ4v) is 1.89. The van der Waals surface area contributed by atoms with Crippen LogP contribution in [-0.4, -0.2) is 18.2 Å². The Morgan fingerprint density at radius 1 is 1.47 bits per heavy atom. The molecule has 0 heterocycles. The van der Waals surface area contributed by atoms with E-state index in [0.717, 1.165) is 24.7 Å². The van der Waals surface area contributed by atoms with Crippen molar-refractivity contribution in [3.8, 4) is 0 Å². The van der Waals surface area contributed by atoms with Crippen LogP contribution in [0, 0.1) is 5.92 Å². The normalized spacial score (nSPS) is 16.1. The van der Waals surface area contributed by atoms with Crippen molar-refractivity contribution >= 4 is 0 Å². The van der Waals surface area contributed by atoms with E-state index in [1.54, 1.807) is 6.08 Å². The van der Waals surface area contributed by atoms with Crippen molar-refractivity contribution < 1.29 is 5.11 Å². The van der Waals surface area contributed by atoms with Gasteiger partial charge in [-0.1, -0.05) is 19.8 Å². The van der Waals surface area contributed by atoms with Crippen LogP contribution in [0.5, 0.6) is 0 Å². The maximum atomic E-state index is 8.86. The van der Waals surface area contributed by atoms with Crippen molar-refractivity contribution in [2.24, 2.45) is 11.8 Å². The molecular formula is C13H27N3O. The van der Waals surface area contributed by atoms with Gasteiger partial charge in [-0.05, 0) is 43.5 Å². The summed E-state index contributed by atoms with van der Waals surface area (Å²) in [5, 5.41) is 11.9. The zero-order chi connectivity index (χ0) is 13.1. The van der Waals surface area contributed by atoms with Crippen LogP contribution in [-0.2, 0) is 0 Å². The van der Waals surface area contributed by atoms with Gasteiger partial charge in [-0.15, -0.1) is 0 Å². The largest absolute Gasteiger partial charge is 0.516 e. The Bertz CT molecular complexity index is 239. The van der Waals surface area contributed by atoms with Crippen LogP contribution in [0.15, 0.2) is 24.1 Å². The summed E-state index contributed by atoms with van der Waals surface area (Å²) in [4.78, 5) is 0. The van der Waals surface area contributed by atoms with Gasteiger partial charge in [0, 0.05) is 13.1 Å². The van der Waals surface area contributed by atoms with Crippen LogP contribution in [0.2, 0.25) is 0 Å². The quantitative estimate of drug-likeness (QED) is 0.216. The first-order valence-electron chi connectivity index (χ1n) is 6.32. The van der Waals surface area contributed by atoms with E-state index in [-0.39, 0.29) is 6.04 Å². The molecule has 0 bridgehead atoms. The molecule has 2 unspecified atom stereocenters. The lowest BCUT2D eigenvalue weighted by Crippen LogP contribution is -2.38. The first-order valence-corrected chi connectivity index (χ1v) is 6.32. The zero-order valence-corrected chi connectivity index (χ0v) is 11.2. The van der Waals surface area contributed by atoms with E-state index < -0.39 is 0 Å². The molecule has 0 aliphatic carbocycles. The molecule has 0 saturated carbocycles. The highest BCUT2D eigenvalue weighted by molar-refractivity contribution is 5.17. The van der Waals surface area contributed by atoms with Gasteiger partial charge in [0.05, 0.1) is 6.26 Å². The lowest BCUT2D eigenvalue weighted by Gasteiger charge is -2.23. The molecule has 2 atom stereocenters. The van der Waals surface area contributed by atoms with E-state index in [4.69, 9.17) is 10.9 Å². The molecule has 5 N–H and O–H groups in total. The Kier molecular flexibility index (Phi) is 9.57. The van der Waals surface area contributed by atoms with Crippen molar-refractivity contribution in [2.75, 3.05) is 7.05 Å². The van der Waals surface area contributed by atoms with Crippen LogP contribution in [0.25, 0.3) is 0 Å². The molecule has 0 aromatic heterocycles. The molecule has 0 spiro atoms. The summed E-state index contributed by atoms with van der Waals surface area (Å²) in [6, 6.07) is 0.272. The molecule has 4 heteroatoms. The third-order valence-electron chi connectivity index (χ3n) is 3.01. The van der Waals surface area contributed by atoms with E-state index in [2.05, 4.69) is 24.6 Å². The van der Waals surface area contributed by atoms with Gasteiger partial charge in [-0.25, -0.2) is 0 Å². The third-order valence-corrected chi connectivity index (χ3v) is 3.01. The molecule has 0 saturated heterocycles. The van der Waals surface area contributed by atoms with E-state index in [1.807, 2.05) is 13.2 Å². The summed E-state index contributed by atoms with van der Waals surface area (Å²) in [6.45, 7) is 4.29. The molecule has 0 fully saturated rings. The van der Waals surface area contributed by atoms with Gasteiger partial charge in [0.2, 0.25) is 0 Å². The van der Waals surface area contributed by atoms with Crippen molar-refractivity contribution in [3.63, 3.8) is 0 Å². The number of nitrogens with two attached hydrogens (primary N) is 1. The van der Waals surface area contributed by atoms with Crippen molar-refractivity contribution in [1.29, 1.82) is 0 Å². The number of aliphatic hydroxyl groups excluding tert-OH is 1. The fourth-order valence-electron chi connectivity index (χ4n) is 1.89. The lowest BCUT2D eigenvalue weighted by molar-refractivity contribution is 0.347. The molecule has 0 aromatic carbocycles. The standard InChI is InChI=1S/C13H27N3O/c1-4-5-6-13(11(2)16-14)9-12(7-8-17)10-15-3/h7-8,10-11,13,15-17H,4-6,9,14H2,1-3H3/b8-7+,12-10-. The van der Waals surface area contributed by atoms with Gasteiger partial charge in [-0.2, -0.15) is 0 Å². The highest BCUT2D eigenvalue weighted by Crippen LogP contribution is 2.21. The second kappa shape index (κ2) is 10.2. The average molecular weight is 241 g/mol. The molecule has 0 rings (SSSR count). The SMILES string of the molecule is CCCCC(CC(/C=C/O)=C\NC)C(C)NN. The molecule has 17 heavy (non-hydrogen) atoms. The minimum absolute atomic E-state index is 0.272. The number of hydrogen-bond acceptors (Lipinski definition) is 4. The van der Waals surface area contributed by atoms with E-state index in [1.165, 1.54) is 12.8 Å². The van der Waals surface area contributed by atoms with Gasteiger partial charge in [0.1, 0.15) is 0 Å². The van der Waals surface area contributed by atoms with E-state index >= 15 is 0 Å². The molecule has 0 amide bonds. The number of hydrazine groups is 1. The maximum absolute atomic E-state index is 8.86. The smallest absolute Gasteiger partial charge is 0.0794 e. The summed E-state index contributed by atoms with van der Waals surface area (Å²) < 4.78 is 0. The van der Waals surface area contributed by atoms with Gasteiger partial charge in [0.25, 0.3) is 0 Å². The zero-order valence-electron chi connectivity index (χ0n) is 11.2. The van der Waals surface area contributed by atoms with Crippen LogP contribution in [0.1, 0.15) is 39.5 Å². The Morgan fingerprint density at radius 3 is 2.65 bits per heavy atom. The molecule has 0 aromatic rings. The second-order valence-electron chi connectivity index (χ2n) is 4.39. The first kappa shape index (κ1) is 16.0. The minimum Gasteiger partial charge on any atom is -0.516 e. The number of rotatable bonds is 9. The number of aliphatic hydroxyl groups is 1. The summed E-state index contributed by atoms with van der Waals surface area (Å²) in [5.74, 6) is 6.00. The van der Waals surface area contributed by atoms with Crippen LogP contribution in [0.3, 0.4) is 0 Å². The molecule has 0 aliphatic rings. The van der Waals surface area contributed by atoms with Crippen molar-refractivity contribution in [3.05, 3.63) is 24.1 Å². The minimum atomic E-state index is 0.272. The topological polar surface area (TPSA) is 70.3 Å². The van der Waals surface area contributed by atoms with Crippen molar-refractivity contribution in [2.45, 2.75) is 45.6 Å². The summed E-state index contributed by atoms with van der Waals surface area (Å²) in [7, 11) is 1.86. The monoisotopic (exact) mass is 241 g/mol. The van der Waals surface area contributed by atoms with Gasteiger partial charge < -0.3 is 10.4 Å². The predicted octanol–water partition coefficient (Wildman–Crippen LogP) is 2.21. The highest BCUT2D eigenvalue weighted by Gasteiger charge is 2.16. The number of nitrogens with one attached hydrogen (secondary N) is 2. The Balaban J connectivity index is 4.52. The van der Waals surface area contributed by atoms with Gasteiger partial charge in [0.15, 0.2) is 0 Å². The highest BCUT2D eigenvalue weighted by atomic mass is 16.2. The molecule has 4 nitrogen and oxygen atoms in total. The van der Waals surface area contributed by atoms with Gasteiger partial charge in [-0.3, -0.25) is 11.3 Å². The van der Waals surface area contributed by atoms with E-state index in [9.17, 15) is 0 Å². The lowest BCUT2D eigenvalue weighted by atomic mass is 9.89. The third kappa shape index (κ3) is 7.02. The maximum Gasteiger partial charge on any atom is 0.0794 e. The molecule has 100 valence electrons. The molecular weight excluding hydrogens is 214 g/mol. The Labute approximate surface area is 105 Å². The van der Waals surface area contributed by atoms with Crippen LogP contribution < -0.4 is 16.6 Å². The van der Waals surface area contributed by atoms with Crippen LogP contribution >= 0.6 is 0 Å². The van der Waals surface area contributed by atoms with E-state index in [0.29, 0.717) is 5.92 Å². The molecule has 0 radical (unpaired) electrons. The summed E-state index contributed by atoms with van der Waals surface area (Å²) in [5.41, 5.74) is 3.91.